The first-order valence-electron chi connectivity index (χ1n) is 5.31. The molecule has 1 N–H and O–H groups in total. The molecule has 1 atom stereocenters. The lowest BCUT2D eigenvalue weighted by Crippen LogP contribution is -2.38. The van der Waals surface area contributed by atoms with E-state index < -0.39 is 5.97 Å². The zero-order chi connectivity index (χ0) is 13.2. The van der Waals surface area contributed by atoms with E-state index >= 15 is 0 Å². The molecular weight excluding hydrogens is 224 g/mol. The number of hydrogen-bond acceptors (Lipinski definition) is 4. The normalized spacial score (nSPS) is 12.5. The molecule has 0 saturated carbocycles. The van der Waals surface area contributed by atoms with Crippen LogP contribution in [-0.4, -0.2) is 40.1 Å². The van der Waals surface area contributed by atoms with Crippen LogP contribution in [-0.2, 0) is 0 Å². The first-order valence-corrected chi connectivity index (χ1v) is 5.31. The summed E-state index contributed by atoms with van der Waals surface area (Å²) in [5.74, 6) is -1.62. The molecule has 0 aliphatic heterocycles. The van der Waals surface area contributed by atoms with Gasteiger partial charge in [0, 0.05) is 19.2 Å². The number of carboxylic acid groups (broad SMARTS) is 1. The SMILES string of the molecule is CC(C)C(C)N(C)C(=O)c1cc(C(=O)O)on1. The highest BCUT2D eigenvalue weighted by Gasteiger charge is 2.24. The molecule has 6 heteroatoms. The zero-order valence-electron chi connectivity index (χ0n) is 10.3. The Hall–Kier alpha value is -1.85. The van der Waals surface area contributed by atoms with Crippen molar-refractivity contribution in [3.05, 3.63) is 17.5 Å². The van der Waals surface area contributed by atoms with Crippen LogP contribution < -0.4 is 0 Å². The highest BCUT2D eigenvalue weighted by atomic mass is 16.5. The molecule has 17 heavy (non-hydrogen) atoms. The molecule has 94 valence electrons. The van der Waals surface area contributed by atoms with Crippen LogP contribution in [0.2, 0.25) is 0 Å². The van der Waals surface area contributed by atoms with E-state index in [0.29, 0.717) is 5.92 Å². The highest BCUT2D eigenvalue weighted by Crippen LogP contribution is 2.12. The number of carbonyl (C=O) groups excluding carboxylic acids is 1. The van der Waals surface area contributed by atoms with Crippen LogP contribution in [0.4, 0.5) is 0 Å². The molecule has 1 unspecified atom stereocenters. The van der Waals surface area contributed by atoms with E-state index in [-0.39, 0.29) is 23.4 Å². The van der Waals surface area contributed by atoms with Gasteiger partial charge in [0.15, 0.2) is 5.69 Å². The van der Waals surface area contributed by atoms with Gasteiger partial charge in [-0.3, -0.25) is 4.79 Å². The minimum atomic E-state index is -1.24. The van der Waals surface area contributed by atoms with Crippen LogP contribution in [0.3, 0.4) is 0 Å². The van der Waals surface area contributed by atoms with E-state index in [2.05, 4.69) is 9.68 Å². The maximum Gasteiger partial charge on any atom is 0.374 e. The van der Waals surface area contributed by atoms with E-state index in [9.17, 15) is 9.59 Å². The Bertz CT molecular complexity index is 425. The van der Waals surface area contributed by atoms with Crippen LogP contribution in [0, 0.1) is 5.92 Å². The molecule has 1 rings (SSSR count). The fourth-order valence-electron chi connectivity index (χ4n) is 1.29. The van der Waals surface area contributed by atoms with Gasteiger partial charge < -0.3 is 14.5 Å². The van der Waals surface area contributed by atoms with Crippen LogP contribution in [0.1, 0.15) is 41.8 Å². The second-order valence-corrected chi connectivity index (χ2v) is 4.28. The summed E-state index contributed by atoms with van der Waals surface area (Å²) in [4.78, 5) is 24.0. The first-order chi connectivity index (χ1) is 7.84. The topological polar surface area (TPSA) is 83.6 Å². The number of aromatic nitrogens is 1. The van der Waals surface area contributed by atoms with Gasteiger partial charge in [-0.25, -0.2) is 4.79 Å². The second kappa shape index (κ2) is 4.99. The minimum absolute atomic E-state index is 0.0115. The van der Waals surface area contributed by atoms with Gasteiger partial charge in [0.05, 0.1) is 0 Å². The van der Waals surface area contributed by atoms with Gasteiger partial charge in [-0.05, 0) is 12.8 Å². The fourth-order valence-corrected chi connectivity index (χ4v) is 1.29. The van der Waals surface area contributed by atoms with Crippen molar-refractivity contribution in [2.24, 2.45) is 5.92 Å². The van der Waals surface area contributed by atoms with Crippen molar-refractivity contribution < 1.29 is 19.2 Å². The Morgan fingerprint density at radius 2 is 2.00 bits per heavy atom. The summed E-state index contributed by atoms with van der Waals surface area (Å²) < 4.78 is 4.54. The molecule has 0 spiro atoms. The number of nitrogens with zero attached hydrogens (tertiary/aromatic N) is 2. The van der Waals surface area contributed by atoms with Crippen molar-refractivity contribution in [3.63, 3.8) is 0 Å². The predicted octanol–water partition coefficient (Wildman–Crippen LogP) is 1.49. The van der Waals surface area contributed by atoms with Gasteiger partial charge in [-0.2, -0.15) is 0 Å². The largest absolute Gasteiger partial charge is 0.475 e. The van der Waals surface area contributed by atoms with Crippen LogP contribution in [0.15, 0.2) is 10.6 Å². The summed E-state index contributed by atoms with van der Waals surface area (Å²) in [7, 11) is 1.65. The van der Waals surface area contributed by atoms with Crippen molar-refractivity contribution in [3.8, 4) is 0 Å². The molecule has 0 aliphatic carbocycles. The molecule has 1 aromatic heterocycles. The molecule has 1 amide bonds. The van der Waals surface area contributed by atoms with Gasteiger partial charge in [-0.1, -0.05) is 19.0 Å². The third-order valence-electron chi connectivity index (χ3n) is 2.84. The molecule has 1 heterocycles. The quantitative estimate of drug-likeness (QED) is 0.861. The Kier molecular flexibility index (Phi) is 3.88. The average molecular weight is 240 g/mol. The lowest BCUT2D eigenvalue weighted by Gasteiger charge is -2.27. The predicted molar refractivity (Wildman–Crippen MR) is 59.9 cm³/mol. The lowest BCUT2D eigenvalue weighted by atomic mass is 10.1. The van der Waals surface area contributed by atoms with E-state index in [1.54, 1.807) is 7.05 Å². The molecule has 0 bridgehead atoms. The monoisotopic (exact) mass is 240 g/mol. The molecule has 0 saturated heterocycles. The Morgan fingerprint density at radius 1 is 1.41 bits per heavy atom. The van der Waals surface area contributed by atoms with Crippen LogP contribution in [0.25, 0.3) is 0 Å². The van der Waals surface area contributed by atoms with E-state index in [1.165, 1.54) is 4.90 Å². The summed E-state index contributed by atoms with van der Waals surface area (Å²) in [5, 5.41) is 12.1. The highest BCUT2D eigenvalue weighted by molar-refractivity contribution is 5.94. The van der Waals surface area contributed by atoms with Crippen molar-refractivity contribution in [1.82, 2.24) is 10.1 Å². The van der Waals surface area contributed by atoms with Crippen molar-refractivity contribution in [2.75, 3.05) is 7.05 Å². The molecule has 6 nitrogen and oxygen atoms in total. The first kappa shape index (κ1) is 13.2. The maximum atomic E-state index is 11.9. The van der Waals surface area contributed by atoms with Gasteiger partial charge >= 0.3 is 5.97 Å². The summed E-state index contributed by atoms with van der Waals surface area (Å²) in [5.41, 5.74) is 0.0115. The van der Waals surface area contributed by atoms with E-state index in [1.807, 2.05) is 20.8 Å². The van der Waals surface area contributed by atoms with E-state index in [0.717, 1.165) is 6.07 Å². The minimum Gasteiger partial charge on any atom is -0.475 e. The standard InChI is InChI=1S/C11H16N2O4/c1-6(2)7(3)13(4)10(14)8-5-9(11(15)16)17-12-8/h5-7H,1-4H3,(H,15,16). The Balaban J connectivity index is 2.85. The molecule has 0 fully saturated rings. The van der Waals surface area contributed by atoms with Gasteiger partial charge in [0.25, 0.3) is 5.91 Å². The summed E-state index contributed by atoms with van der Waals surface area (Å²) >= 11 is 0. The van der Waals surface area contributed by atoms with Gasteiger partial charge in [0.2, 0.25) is 5.76 Å². The van der Waals surface area contributed by atoms with Crippen molar-refractivity contribution >= 4 is 11.9 Å². The van der Waals surface area contributed by atoms with Gasteiger partial charge in [0.1, 0.15) is 0 Å². The number of rotatable bonds is 4. The van der Waals surface area contributed by atoms with E-state index in [4.69, 9.17) is 5.11 Å². The van der Waals surface area contributed by atoms with Crippen LogP contribution >= 0.6 is 0 Å². The molecule has 1 aromatic rings. The third kappa shape index (κ3) is 2.83. The average Bonchev–Trinajstić information content (AvgIpc) is 2.75. The molecular formula is C11H16N2O4. The van der Waals surface area contributed by atoms with Crippen LogP contribution in [0.5, 0.6) is 0 Å². The number of hydrogen-bond donors (Lipinski definition) is 1. The molecule has 0 radical (unpaired) electrons. The number of aromatic carboxylic acids is 1. The Morgan fingerprint density at radius 3 is 2.41 bits per heavy atom. The Labute approximate surface area is 99.2 Å². The lowest BCUT2D eigenvalue weighted by molar-refractivity contribution is 0.0645. The number of carbonyl (C=O) groups is 2. The number of carboxylic acids is 1. The summed E-state index contributed by atoms with van der Waals surface area (Å²) in [6.07, 6.45) is 0. The second-order valence-electron chi connectivity index (χ2n) is 4.28. The molecule has 0 aromatic carbocycles. The maximum absolute atomic E-state index is 11.9. The van der Waals surface area contributed by atoms with Gasteiger partial charge in [-0.15, -0.1) is 0 Å². The fraction of sp³-hybridized carbons (Fsp3) is 0.545. The van der Waals surface area contributed by atoms with Crippen molar-refractivity contribution in [1.29, 1.82) is 0 Å². The summed E-state index contributed by atoms with van der Waals surface area (Å²) in [6, 6.07) is 1.17. The molecule has 0 aliphatic rings. The summed E-state index contributed by atoms with van der Waals surface area (Å²) in [6.45, 7) is 5.92. The van der Waals surface area contributed by atoms with Crippen molar-refractivity contribution in [2.45, 2.75) is 26.8 Å². The number of amides is 1. The third-order valence-corrected chi connectivity index (χ3v) is 2.84. The zero-order valence-corrected chi connectivity index (χ0v) is 10.3. The smallest absolute Gasteiger partial charge is 0.374 e.